The van der Waals surface area contributed by atoms with Crippen molar-refractivity contribution in [2.45, 2.75) is 24.3 Å². The summed E-state index contributed by atoms with van der Waals surface area (Å²) >= 11 is 0. The number of hydrogen-bond acceptors (Lipinski definition) is 5. The van der Waals surface area contributed by atoms with Crippen LogP contribution in [0.5, 0.6) is 0 Å². The monoisotopic (exact) mass is 338 g/mol. The number of hydrogen-bond donors (Lipinski definition) is 1. The number of aliphatic hydroxyl groups is 1. The molecular weight excluding hydrogens is 316 g/mol. The molecule has 0 aliphatic carbocycles. The van der Waals surface area contributed by atoms with E-state index in [-0.39, 0.29) is 30.8 Å². The molecule has 3 rings (SSSR count). The summed E-state index contributed by atoms with van der Waals surface area (Å²) in [6, 6.07) is 9.83. The first-order chi connectivity index (χ1) is 11.0. The molecule has 1 amide bonds. The topological polar surface area (TPSA) is 77.9 Å². The number of sulfone groups is 1. The third-order valence-electron chi connectivity index (χ3n) is 4.74. The lowest BCUT2D eigenvalue weighted by atomic mass is 10.00. The summed E-state index contributed by atoms with van der Waals surface area (Å²) in [5.41, 5.74) is 1.17. The quantitative estimate of drug-likeness (QED) is 0.828. The second-order valence-electron chi connectivity index (χ2n) is 6.22. The first-order valence-electron chi connectivity index (χ1n) is 7.90. The summed E-state index contributed by atoms with van der Waals surface area (Å²) in [6.07, 6.45) is 0.804. The van der Waals surface area contributed by atoms with Crippen LogP contribution in [0.25, 0.3) is 0 Å². The van der Waals surface area contributed by atoms with Gasteiger partial charge < -0.3 is 10.0 Å². The highest BCUT2D eigenvalue weighted by Crippen LogP contribution is 2.24. The van der Waals surface area contributed by atoms with Gasteiger partial charge in [-0.15, -0.1) is 0 Å². The van der Waals surface area contributed by atoms with Crippen molar-refractivity contribution in [2.75, 3.05) is 32.0 Å². The van der Waals surface area contributed by atoms with Crippen molar-refractivity contribution >= 4 is 15.7 Å². The molecule has 2 atom stereocenters. The van der Waals surface area contributed by atoms with Gasteiger partial charge in [0.25, 0.3) is 0 Å². The summed E-state index contributed by atoms with van der Waals surface area (Å²) in [6.45, 7) is 1.51. The van der Waals surface area contributed by atoms with Gasteiger partial charge in [-0.3, -0.25) is 9.69 Å². The van der Waals surface area contributed by atoms with Crippen LogP contribution >= 0.6 is 0 Å². The number of carbonyl (C=O) groups excluding carboxylic acids is 1. The predicted octanol–water partition coefficient (Wildman–Crippen LogP) is -0.121. The average molecular weight is 338 g/mol. The lowest BCUT2D eigenvalue weighted by molar-refractivity contribution is -0.142. The number of benzene rings is 1. The average Bonchev–Trinajstić information content (AvgIpc) is 2.52. The zero-order chi connectivity index (χ0) is 16.4. The van der Waals surface area contributed by atoms with Crippen LogP contribution in [0.2, 0.25) is 0 Å². The third-order valence-corrected chi connectivity index (χ3v) is 6.80. The van der Waals surface area contributed by atoms with Crippen molar-refractivity contribution in [1.82, 2.24) is 9.80 Å². The predicted molar refractivity (Wildman–Crippen MR) is 86.5 cm³/mol. The lowest BCUT2D eigenvalue weighted by Crippen LogP contribution is -2.60. The minimum atomic E-state index is -3.27. The Morgan fingerprint density at radius 2 is 1.96 bits per heavy atom. The van der Waals surface area contributed by atoms with E-state index in [1.807, 2.05) is 30.3 Å². The van der Waals surface area contributed by atoms with Crippen molar-refractivity contribution in [2.24, 2.45) is 0 Å². The fourth-order valence-corrected chi connectivity index (χ4v) is 4.61. The van der Waals surface area contributed by atoms with E-state index in [1.165, 1.54) is 5.56 Å². The van der Waals surface area contributed by atoms with E-state index in [0.29, 0.717) is 0 Å². The fourth-order valence-electron chi connectivity index (χ4n) is 3.16. The van der Waals surface area contributed by atoms with Gasteiger partial charge in [0.1, 0.15) is 5.25 Å². The molecule has 0 saturated carbocycles. The molecule has 0 radical (unpaired) electrons. The number of likely N-dealkylation sites (tertiary alicyclic amines) is 1. The molecule has 2 fully saturated rings. The van der Waals surface area contributed by atoms with Crippen molar-refractivity contribution in [3.63, 3.8) is 0 Å². The van der Waals surface area contributed by atoms with Crippen molar-refractivity contribution in [1.29, 1.82) is 0 Å². The number of carbonyl (C=O) groups is 1. The van der Waals surface area contributed by atoms with Gasteiger partial charge in [-0.1, -0.05) is 30.3 Å². The minimum absolute atomic E-state index is 0.0134. The van der Waals surface area contributed by atoms with Crippen LogP contribution in [0.1, 0.15) is 12.0 Å². The zero-order valence-corrected chi connectivity index (χ0v) is 13.8. The number of amides is 1. The Bertz CT molecular complexity index is 662. The Kier molecular flexibility index (Phi) is 4.70. The van der Waals surface area contributed by atoms with Gasteiger partial charge in [-0.2, -0.15) is 0 Å². The SMILES string of the molecule is O=C(C1CCN1Cc1ccccc1)N1CCS(=O)(=O)C(CO)C1. The largest absolute Gasteiger partial charge is 0.395 e. The molecule has 2 heterocycles. The molecule has 0 bridgehead atoms. The van der Waals surface area contributed by atoms with Gasteiger partial charge in [0.05, 0.1) is 18.4 Å². The first-order valence-corrected chi connectivity index (χ1v) is 9.62. The molecule has 7 heteroatoms. The molecule has 2 aliphatic heterocycles. The summed E-state index contributed by atoms with van der Waals surface area (Å²) in [5.74, 6) is -0.0735. The van der Waals surface area contributed by atoms with E-state index in [1.54, 1.807) is 4.90 Å². The van der Waals surface area contributed by atoms with E-state index in [2.05, 4.69) is 4.90 Å². The normalized spacial score (nSPS) is 27.4. The van der Waals surface area contributed by atoms with Gasteiger partial charge in [0.15, 0.2) is 9.84 Å². The van der Waals surface area contributed by atoms with Crippen molar-refractivity contribution < 1.29 is 18.3 Å². The number of nitrogens with zero attached hydrogens (tertiary/aromatic N) is 2. The van der Waals surface area contributed by atoms with E-state index in [0.717, 1.165) is 19.5 Å². The Morgan fingerprint density at radius 1 is 1.22 bits per heavy atom. The standard InChI is InChI=1S/C16H22N2O4S/c19-12-14-11-18(8-9-23(14,21)22)16(20)15-6-7-17(15)10-13-4-2-1-3-5-13/h1-5,14-15,19H,6-12H2. The van der Waals surface area contributed by atoms with Gasteiger partial charge in [0.2, 0.25) is 5.91 Å². The molecule has 0 aromatic heterocycles. The van der Waals surface area contributed by atoms with E-state index >= 15 is 0 Å². The fraction of sp³-hybridized carbons (Fsp3) is 0.562. The highest BCUT2D eigenvalue weighted by molar-refractivity contribution is 7.92. The van der Waals surface area contributed by atoms with Crippen LogP contribution in [0.3, 0.4) is 0 Å². The van der Waals surface area contributed by atoms with Crippen LogP contribution in [0, 0.1) is 0 Å². The number of aliphatic hydroxyl groups excluding tert-OH is 1. The van der Waals surface area contributed by atoms with Crippen LogP contribution in [0.4, 0.5) is 0 Å². The highest BCUT2D eigenvalue weighted by atomic mass is 32.2. The second-order valence-corrected chi connectivity index (χ2v) is 8.62. The van der Waals surface area contributed by atoms with Crippen molar-refractivity contribution in [3.05, 3.63) is 35.9 Å². The zero-order valence-electron chi connectivity index (χ0n) is 13.0. The summed E-state index contributed by atoms with van der Waals surface area (Å²) < 4.78 is 23.7. The van der Waals surface area contributed by atoms with Gasteiger partial charge in [-0.05, 0) is 12.0 Å². The van der Waals surface area contributed by atoms with Gasteiger partial charge >= 0.3 is 0 Å². The molecule has 126 valence electrons. The molecule has 0 spiro atoms. The molecule has 2 saturated heterocycles. The molecule has 2 aliphatic rings. The Balaban J connectivity index is 1.62. The molecule has 6 nitrogen and oxygen atoms in total. The smallest absolute Gasteiger partial charge is 0.240 e. The second kappa shape index (κ2) is 6.59. The molecule has 1 N–H and O–H groups in total. The molecule has 2 unspecified atom stereocenters. The van der Waals surface area contributed by atoms with E-state index < -0.39 is 21.7 Å². The van der Waals surface area contributed by atoms with Gasteiger partial charge in [-0.25, -0.2) is 8.42 Å². The summed E-state index contributed by atoms with van der Waals surface area (Å²) in [7, 11) is -3.27. The first kappa shape index (κ1) is 16.4. The Morgan fingerprint density at radius 3 is 2.57 bits per heavy atom. The third kappa shape index (κ3) is 3.41. The van der Waals surface area contributed by atoms with Crippen LogP contribution in [0.15, 0.2) is 30.3 Å². The van der Waals surface area contributed by atoms with E-state index in [9.17, 15) is 18.3 Å². The Hall–Kier alpha value is -1.44. The maximum Gasteiger partial charge on any atom is 0.240 e. The van der Waals surface area contributed by atoms with Crippen molar-refractivity contribution in [3.8, 4) is 0 Å². The maximum atomic E-state index is 12.7. The minimum Gasteiger partial charge on any atom is -0.395 e. The van der Waals surface area contributed by atoms with E-state index in [4.69, 9.17) is 0 Å². The van der Waals surface area contributed by atoms with Crippen LogP contribution in [-0.2, 0) is 21.2 Å². The maximum absolute atomic E-state index is 12.7. The number of rotatable bonds is 4. The van der Waals surface area contributed by atoms with Crippen LogP contribution < -0.4 is 0 Å². The van der Waals surface area contributed by atoms with Crippen LogP contribution in [-0.4, -0.2) is 72.5 Å². The Labute approximate surface area is 136 Å². The summed E-state index contributed by atoms with van der Waals surface area (Å²) in [4.78, 5) is 16.4. The lowest BCUT2D eigenvalue weighted by Gasteiger charge is -2.43. The molecule has 1 aromatic carbocycles. The molecule has 1 aromatic rings. The summed E-state index contributed by atoms with van der Waals surface area (Å²) in [5, 5.41) is 8.41. The molecule has 23 heavy (non-hydrogen) atoms. The molecular formula is C16H22N2O4S. The van der Waals surface area contributed by atoms with Gasteiger partial charge in [0, 0.05) is 26.2 Å². The highest BCUT2D eigenvalue weighted by Gasteiger charge is 2.41.